The molecule has 0 aliphatic heterocycles. The molecule has 1 N–H and O–H groups in total. The molecule has 8 heteroatoms. The molecule has 2 unspecified atom stereocenters. The second-order valence-electron chi connectivity index (χ2n) is 12.8. The van der Waals surface area contributed by atoms with E-state index in [9.17, 15) is 19.5 Å². The summed E-state index contributed by atoms with van der Waals surface area (Å²) in [5, 5.41) is 9.54. The van der Waals surface area contributed by atoms with Crippen molar-refractivity contribution in [3.63, 3.8) is 0 Å². The average molecular weight is 649 g/mol. The Labute approximate surface area is 280 Å². The van der Waals surface area contributed by atoms with Gasteiger partial charge in [-0.2, -0.15) is 0 Å². The number of hydrogen-bond acceptors (Lipinski definition) is 6. The molecular weight excluding hydrogens is 582 g/mol. The number of likely N-dealkylation sites (N-methyl/N-ethyl adjacent to an activating group) is 1. The van der Waals surface area contributed by atoms with Crippen molar-refractivity contribution in [1.82, 2.24) is 0 Å². The molecule has 0 saturated heterocycles. The van der Waals surface area contributed by atoms with Gasteiger partial charge in [0.05, 0.1) is 34.4 Å². The average Bonchev–Trinajstić information content (AvgIpc) is 3.00. The van der Waals surface area contributed by atoms with E-state index in [2.05, 4.69) is 56.4 Å². The van der Waals surface area contributed by atoms with Crippen molar-refractivity contribution in [3.8, 4) is 0 Å². The number of unbranched alkanes of at least 4 members (excludes halogenated alkanes) is 10. The summed E-state index contributed by atoms with van der Waals surface area (Å²) in [4.78, 5) is 36.5. The van der Waals surface area contributed by atoms with Crippen LogP contribution in [0, 0.1) is 0 Å². The van der Waals surface area contributed by atoms with Gasteiger partial charge in [0.25, 0.3) is 0 Å². The van der Waals surface area contributed by atoms with Crippen LogP contribution in [0.2, 0.25) is 0 Å². The van der Waals surface area contributed by atoms with Crippen LogP contribution >= 0.6 is 0 Å². The first-order chi connectivity index (χ1) is 22.1. The van der Waals surface area contributed by atoms with Crippen LogP contribution in [0.15, 0.2) is 48.6 Å². The van der Waals surface area contributed by atoms with Crippen molar-refractivity contribution >= 4 is 17.9 Å². The summed E-state index contributed by atoms with van der Waals surface area (Å²) in [7, 11) is 5.48. The molecule has 0 aromatic carbocycles. The molecule has 0 aromatic rings. The molecule has 0 fully saturated rings. The van der Waals surface area contributed by atoms with Crippen LogP contribution in [-0.4, -0.2) is 80.6 Å². The van der Waals surface area contributed by atoms with Crippen molar-refractivity contribution in [3.05, 3.63) is 48.6 Å². The van der Waals surface area contributed by atoms with E-state index in [1.54, 1.807) is 0 Å². The monoisotopic (exact) mass is 648 g/mol. The molecule has 0 amide bonds. The third kappa shape index (κ3) is 27.6. The van der Waals surface area contributed by atoms with Crippen molar-refractivity contribution in [1.29, 1.82) is 0 Å². The lowest BCUT2D eigenvalue weighted by Crippen LogP contribution is -2.50. The number of esters is 2. The number of allylic oxidation sites excluding steroid dienone is 8. The van der Waals surface area contributed by atoms with Gasteiger partial charge in [-0.1, -0.05) is 107 Å². The molecule has 0 aromatic heterocycles. The van der Waals surface area contributed by atoms with E-state index in [4.69, 9.17) is 14.2 Å². The minimum absolute atomic E-state index is 0.0398. The Morgan fingerprint density at radius 3 is 1.93 bits per heavy atom. The number of rotatable bonds is 30. The number of carbonyl (C=O) groups excluding carboxylic acids is 2. The van der Waals surface area contributed by atoms with Crippen LogP contribution in [0.25, 0.3) is 0 Å². The minimum atomic E-state index is -0.886. The van der Waals surface area contributed by atoms with E-state index >= 15 is 0 Å². The molecule has 264 valence electrons. The molecule has 8 nitrogen and oxygen atoms in total. The van der Waals surface area contributed by atoms with E-state index in [1.807, 2.05) is 27.2 Å². The fraction of sp³-hybridized carbons (Fsp3) is 0.711. The topological polar surface area (TPSA) is 99.1 Å². The van der Waals surface area contributed by atoms with Gasteiger partial charge in [0.1, 0.15) is 6.61 Å². The van der Waals surface area contributed by atoms with Gasteiger partial charge in [0.15, 0.2) is 12.1 Å². The van der Waals surface area contributed by atoms with Crippen LogP contribution in [0.4, 0.5) is 0 Å². The Morgan fingerprint density at radius 1 is 0.674 bits per heavy atom. The maximum absolute atomic E-state index is 12.5. The fourth-order valence-electron chi connectivity index (χ4n) is 4.75. The third-order valence-electron chi connectivity index (χ3n) is 7.54. The summed E-state index contributed by atoms with van der Waals surface area (Å²) < 4.78 is 17.0. The summed E-state index contributed by atoms with van der Waals surface area (Å²) in [5.41, 5.74) is 0. The zero-order valence-electron chi connectivity index (χ0n) is 29.8. The van der Waals surface area contributed by atoms with Gasteiger partial charge in [-0.25, -0.2) is 4.79 Å². The summed E-state index contributed by atoms with van der Waals surface area (Å²) >= 11 is 0. The lowest BCUT2D eigenvalue weighted by atomic mass is 10.1. The van der Waals surface area contributed by atoms with Gasteiger partial charge in [-0.15, -0.1) is 0 Å². The van der Waals surface area contributed by atoms with E-state index in [0.29, 0.717) is 19.3 Å². The van der Waals surface area contributed by atoms with Gasteiger partial charge in [-0.3, -0.25) is 9.59 Å². The molecule has 0 saturated carbocycles. The van der Waals surface area contributed by atoms with E-state index in [0.717, 1.165) is 44.9 Å². The first-order valence-corrected chi connectivity index (χ1v) is 17.7. The maximum atomic E-state index is 12.5. The zero-order valence-corrected chi connectivity index (χ0v) is 29.8. The zero-order chi connectivity index (χ0) is 34.3. The van der Waals surface area contributed by atoms with Crippen LogP contribution in [0.3, 0.4) is 0 Å². The first kappa shape index (κ1) is 43.3. The number of nitrogens with zero attached hydrogens (tertiary/aromatic N) is 1. The minimum Gasteiger partial charge on any atom is -0.477 e. The molecule has 0 aliphatic carbocycles. The predicted molar refractivity (Wildman–Crippen MR) is 188 cm³/mol. The lowest BCUT2D eigenvalue weighted by Gasteiger charge is -2.31. The molecule has 46 heavy (non-hydrogen) atoms. The van der Waals surface area contributed by atoms with Crippen molar-refractivity contribution in [2.24, 2.45) is 0 Å². The third-order valence-corrected chi connectivity index (χ3v) is 7.54. The highest BCUT2D eigenvalue weighted by molar-refractivity contribution is 5.72. The van der Waals surface area contributed by atoms with Crippen molar-refractivity contribution in [2.75, 3.05) is 41.0 Å². The molecule has 0 heterocycles. The smallest absolute Gasteiger partial charge is 0.362 e. The molecule has 0 aliphatic rings. The molecule has 0 spiro atoms. The number of carboxylic acids is 1. The number of carboxylic acid groups (broad SMARTS) is 1. The molecular formula is C38H66NO7+. The molecule has 0 radical (unpaired) electrons. The van der Waals surface area contributed by atoms with Crippen molar-refractivity contribution < 1.29 is 38.2 Å². The Morgan fingerprint density at radius 2 is 1.28 bits per heavy atom. The lowest BCUT2D eigenvalue weighted by molar-refractivity contribution is -0.887. The highest BCUT2D eigenvalue weighted by Gasteiger charge is 2.31. The Hall–Kier alpha value is -2.71. The Bertz CT molecular complexity index is 901. The summed E-state index contributed by atoms with van der Waals surface area (Å²) in [6, 6.07) is -0.620. The molecule has 0 bridgehead atoms. The first-order valence-electron chi connectivity index (χ1n) is 17.7. The second kappa shape index (κ2) is 29.7. The number of ether oxygens (including phenoxy) is 3. The SMILES string of the molecule is CC/C=C/C=C/C=C/CCCCCCCCCC(=O)OCC(COCCC(C(=O)O)[N+](C)(C)C)OC(=O)CC/C=C/CCCCC. The van der Waals surface area contributed by atoms with Crippen LogP contribution < -0.4 is 0 Å². The van der Waals surface area contributed by atoms with E-state index in [1.165, 1.54) is 38.5 Å². The quantitative estimate of drug-likeness (QED) is 0.0274. The molecule has 0 rings (SSSR count). The van der Waals surface area contributed by atoms with Crippen molar-refractivity contribution in [2.45, 2.75) is 135 Å². The second-order valence-corrected chi connectivity index (χ2v) is 12.8. The van der Waals surface area contributed by atoms with Gasteiger partial charge in [0.2, 0.25) is 0 Å². The Balaban J connectivity index is 4.42. The van der Waals surface area contributed by atoms with Crippen LogP contribution in [0.1, 0.15) is 123 Å². The Kier molecular flexibility index (Phi) is 27.9. The van der Waals surface area contributed by atoms with E-state index in [-0.39, 0.29) is 42.7 Å². The molecule has 2 atom stereocenters. The summed E-state index contributed by atoms with van der Waals surface area (Å²) in [5.74, 6) is -1.56. The highest BCUT2D eigenvalue weighted by Crippen LogP contribution is 2.12. The van der Waals surface area contributed by atoms with E-state index < -0.39 is 18.1 Å². The predicted octanol–water partition coefficient (Wildman–Crippen LogP) is 8.51. The normalized spacial score (nSPS) is 13.7. The summed E-state index contributed by atoms with van der Waals surface area (Å²) in [6.07, 6.45) is 31.8. The number of aliphatic carboxylic acids is 1. The van der Waals surface area contributed by atoms with Gasteiger partial charge in [-0.05, 0) is 44.9 Å². The number of quaternary nitrogens is 1. The van der Waals surface area contributed by atoms with Crippen LogP contribution in [-0.2, 0) is 28.6 Å². The summed E-state index contributed by atoms with van der Waals surface area (Å²) in [6.45, 7) is 4.45. The largest absolute Gasteiger partial charge is 0.477 e. The highest BCUT2D eigenvalue weighted by atomic mass is 16.6. The standard InChI is InChI=1S/C38H65NO7/c1-6-8-10-12-14-15-16-17-18-19-20-21-23-24-26-28-36(40)45-33-34(32-44-31-30-35(38(42)43)39(3,4)5)46-37(41)29-27-25-22-13-11-9-7-2/h8,10,12,14-16,22,25,34-35H,6-7,9,11,13,17-21,23-24,26-33H2,1-5H3/p+1/b10-8+,14-12+,16-15+,25-22+. The fourth-order valence-corrected chi connectivity index (χ4v) is 4.75. The van der Waals surface area contributed by atoms with Gasteiger partial charge >= 0.3 is 17.9 Å². The number of carbonyl (C=O) groups is 3. The van der Waals surface area contributed by atoms with Gasteiger partial charge < -0.3 is 23.8 Å². The number of hydrogen-bond donors (Lipinski definition) is 1. The maximum Gasteiger partial charge on any atom is 0.362 e. The van der Waals surface area contributed by atoms with Gasteiger partial charge in [0, 0.05) is 19.3 Å². The van der Waals surface area contributed by atoms with Crippen LogP contribution in [0.5, 0.6) is 0 Å².